The van der Waals surface area contributed by atoms with Crippen molar-refractivity contribution in [2.24, 2.45) is 17.4 Å². The van der Waals surface area contributed by atoms with Crippen LogP contribution in [0.15, 0.2) is 60.8 Å². The number of rotatable bonds is 30. The first-order valence-corrected chi connectivity index (χ1v) is 23.3. The maximum atomic E-state index is 14.0. The van der Waals surface area contributed by atoms with Crippen LogP contribution in [0, 0.1) is 5.92 Å². The Balaban J connectivity index is 1.79. The second kappa shape index (κ2) is 29.1. The number of primary amides is 1. The van der Waals surface area contributed by atoms with Gasteiger partial charge in [-0.25, -0.2) is 0 Å². The molecule has 0 aliphatic rings. The monoisotopic (exact) mass is 1030 g/mol. The lowest BCUT2D eigenvalue weighted by atomic mass is 10.0. The highest BCUT2D eigenvalue weighted by Crippen LogP contribution is 2.19. The van der Waals surface area contributed by atoms with E-state index in [9.17, 15) is 68.4 Å². The van der Waals surface area contributed by atoms with Gasteiger partial charge in [0.25, 0.3) is 0 Å². The van der Waals surface area contributed by atoms with Gasteiger partial charge in [-0.2, -0.15) is 0 Å². The molecule has 9 amide bonds. The second-order valence-electron chi connectivity index (χ2n) is 17.7. The molecule has 400 valence electrons. The van der Waals surface area contributed by atoms with E-state index in [1.54, 1.807) is 74.6 Å². The summed E-state index contributed by atoms with van der Waals surface area (Å²) in [4.78, 5) is 134. The summed E-state index contributed by atoms with van der Waals surface area (Å²) in [5.74, 6) is -10.6. The quantitative estimate of drug-likeness (QED) is 0.0297. The topological polar surface area (TPSA) is 436 Å². The Morgan fingerprint density at radius 3 is 1.56 bits per heavy atom. The Bertz CT molecular complexity index is 2400. The van der Waals surface area contributed by atoms with Crippen molar-refractivity contribution in [2.45, 2.75) is 120 Å². The van der Waals surface area contributed by atoms with Crippen molar-refractivity contribution >= 4 is 70.0 Å². The number of aliphatic carboxylic acids is 1. The smallest absolute Gasteiger partial charge is 0.322 e. The number of carbonyl (C=O) groups excluding carboxylic acids is 9. The summed E-state index contributed by atoms with van der Waals surface area (Å²) >= 11 is 0. The van der Waals surface area contributed by atoms with Gasteiger partial charge < -0.3 is 84.5 Å². The minimum atomic E-state index is -1.89. The van der Waals surface area contributed by atoms with Gasteiger partial charge in [0, 0.05) is 36.4 Å². The minimum absolute atomic E-state index is 0.0530. The van der Waals surface area contributed by atoms with E-state index in [0.717, 1.165) is 6.92 Å². The van der Waals surface area contributed by atoms with Crippen LogP contribution in [0.25, 0.3) is 10.9 Å². The van der Waals surface area contributed by atoms with Crippen molar-refractivity contribution in [3.63, 3.8) is 0 Å². The van der Waals surface area contributed by atoms with Crippen LogP contribution in [0.3, 0.4) is 0 Å². The van der Waals surface area contributed by atoms with E-state index in [4.69, 9.17) is 16.6 Å². The van der Waals surface area contributed by atoms with E-state index >= 15 is 0 Å². The number of carboxylic acids is 1. The molecule has 26 nitrogen and oxygen atoms in total. The van der Waals surface area contributed by atoms with Crippen LogP contribution < -0.4 is 54.0 Å². The molecule has 0 saturated heterocycles. The molecule has 18 N–H and O–H groups in total. The number of amides is 9. The average molecular weight is 1030 g/mol. The minimum Gasteiger partial charge on any atom is -0.480 e. The third-order valence-corrected chi connectivity index (χ3v) is 11.2. The molecule has 0 radical (unpaired) electrons. The van der Waals surface area contributed by atoms with Crippen molar-refractivity contribution in [1.82, 2.24) is 47.5 Å². The number of hydrogen-bond donors (Lipinski definition) is 16. The number of benzene rings is 2. The van der Waals surface area contributed by atoms with Crippen molar-refractivity contribution in [2.75, 3.05) is 19.8 Å². The van der Waals surface area contributed by atoms with Crippen molar-refractivity contribution < 1.29 is 73.5 Å². The zero-order valence-corrected chi connectivity index (χ0v) is 40.8. The summed E-state index contributed by atoms with van der Waals surface area (Å²) in [6.07, 6.45) is -2.40. The lowest BCUT2D eigenvalue weighted by Gasteiger charge is -2.29. The molecule has 0 spiro atoms. The van der Waals surface area contributed by atoms with E-state index in [-0.39, 0.29) is 38.0 Å². The molecule has 1 aromatic heterocycles. The molecule has 3 aromatic rings. The maximum Gasteiger partial charge on any atom is 0.322 e. The lowest BCUT2D eigenvalue weighted by Crippen LogP contribution is -2.63. The number of nitrogens with one attached hydrogen (secondary N) is 9. The summed E-state index contributed by atoms with van der Waals surface area (Å²) < 4.78 is 0. The Labute approximate surface area is 419 Å². The van der Waals surface area contributed by atoms with Gasteiger partial charge in [0.15, 0.2) is 0 Å². The van der Waals surface area contributed by atoms with Gasteiger partial charge in [0.05, 0.1) is 31.5 Å². The number of para-hydroxylation sites is 1. The Morgan fingerprint density at radius 2 is 1.04 bits per heavy atom. The number of hydrogen-bond acceptors (Lipinski definition) is 15. The number of H-pyrrole nitrogens is 1. The molecule has 2 aromatic carbocycles. The fourth-order valence-corrected chi connectivity index (χ4v) is 7.26. The van der Waals surface area contributed by atoms with Gasteiger partial charge in [0.2, 0.25) is 53.2 Å². The predicted octanol–water partition coefficient (Wildman–Crippen LogP) is -5.07. The van der Waals surface area contributed by atoms with Crippen molar-refractivity contribution in [1.29, 1.82) is 0 Å². The van der Waals surface area contributed by atoms with Crippen LogP contribution in [0.4, 0.5) is 0 Å². The van der Waals surface area contributed by atoms with Crippen LogP contribution in [0.1, 0.15) is 58.1 Å². The summed E-state index contributed by atoms with van der Waals surface area (Å²) in [5, 5.41) is 70.1. The Morgan fingerprint density at radius 1 is 0.575 bits per heavy atom. The van der Waals surface area contributed by atoms with Gasteiger partial charge in [-0.3, -0.25) is 47.9 Å². The summed E-state index contributed by atoms with van der Waals surface area (Å²) in [6, 6.07) is 2.34. The van der Waals surface area contributed by atoms with E-state index in [2.05, 4.69) is 47.5 Å². The zero-order valence-electron chi connectivity index (χ0n) is 40.8. The fraction of sp³-hybridized carbons (Fsp3) is 0.489. The fourth-order valence-electron chi connectivity index (χ4n) is 7.26. The molecule has 26 heteroatoms. The third-order valence-electron chi connectivity index (χ3n) is 11.2. The molecule has 10 atom stereocenters. The summed E-state index contributed by atoms with van der Waals surface area (Å²) in [5.41, 5.74) is 12.8. The van der Waals surface area contributed by atoms with Crippen LogP contribution in [0.5, 0.6) is 0 Å². The molecule has 0 aliphatic heterocycles. The average Bonchev–Trinajstić information content (AvgIpc) is 3.75. The number of fused-ring (bicyclic) bond motifs is 1. The van der Waals surface area contributed by atoms with Gasteiger partial charge in [0.1, 0.15) is 48.8 Å². The molecule has 0 aliphatic carbocycles. The molecular formula is C47H67N11O15. The molecule has 73 heavy (non-hydrogen) atoms. The number of aliphatic hydroxyl groups is 4. The zero-order chi connectivity index (χ0) is 54.5. The van der Waals surface area contributed by atoms with Crippen molar-refractivity contribution in [3.8, 4) is 0 Å². The summed E-state index contributed by atoms with van der Waals surface area (Å²) in [6.45, 7) is 2.80. The normalized spacial score (nSPS) is 15.3. The largest absolute Gasteiger partial charge is 0.480 e. The highest BCUT2D eigenvalue weighted by molar-refractivity contribution is 5.98. The number of aromatic nitrogens is 1. The van der Waals surface area contributed by atoms with Gasteiger partial charge in [-0.15, -0.1) is 0 Å². The highest BCUT2D eigenvalue weighted by Gasteiger charge is 2.37. The third kappa shape index (κ3) is 19.2. The van der Waals surface area contributed by atoms with Gasteiger partial charge in [-0.1, -0.05) is 62.4 Å². The Hall–Kier alpha value is -7.52. The lowest BCUT2D eigenvalue weighted by molar-refractivity contribution is -0.139. The molecule has 0 unspecified atom stereocenters. The van der Waals surface area contributed by atoms with E-state index in [0.29, 0.717) is 22.0 Å². The van der Waals surface area contributed by atoms with Crippen LogP contribution >= 0.6 is 0 Å². The standard InChI is InChI=1S/C47H67N11O15/c1-23(2)16-31(52-40(66)29(48)14-15-36(49)63)42(68)57-38(24(3)61)46(72)54-32(17-26-10-6-5-7-11-26)43(69)58-39(25(4)62)47(73)56-35(22-60)45(71)55-34(21-59)44(70)53-33(41(67)51-20-37(64)65)18-27-19-50-30-13-9-8-12-28(27)30/h5-13,19,23-25,29,31-35,38-39,50,59-62H,14-18,20-22,48H2,1-4H3,(H2,49,63)(H,51,67)(H,52,66)(H,53,70)(H,54,72)(H,55,71)(H,56,73)(H,57,68)(H,58,69)(H,64,65)/t24-,25-,29+,31+,32+,33+,34+,35+,38+,39+/m1/s1. The van der Waals surface area contributed by atoms with Crippen LogP contribution in [-0.4, -0.2) is 170 Å². The number of carbonyl (C=O) groups is 10. The number of aromatic amines is 1. The Kier molecular flexibility index (Phi) is 23.8. The summed E-state index contributed by atoms with van der Waals surface area (Å²) in [7, 11) is 0. The van der Waals surface area contributed by atoms with E-state index < -0.39 is 139 Å². The highest BCUT2D eigenvalue weighted by atomic mass is 16.4. The predicted molar refractivity (Wildman–Crippen MR) is 260 cm³/mol. The van der Waals surface area contributed by atoms with Gasteiger partial charge >= 0.3 is 5.97 Å². The first kappa shape index (κ1) is 59.8. The number of carboxylic acid groups (broad SMARTS) is 1. The molecule has 3 rings (SSSR count). The van der Waals surface area contributed by atoms with E-state index in [1.807, 2.05) is 0 Å². The first-order chi connectivity index (χ1) is 34.4. The SMILES string of the molecule is CC(C)C[C@H](NC(=O)[C@@H](N)CCC(N)=O)C(=O)N[C@H](C(=O)N[C@@H](Cc1ccccc1)C(=O)N[C@H](C(=O)N[C@@H](CO)C(=O)N[C@@H](CO)C(=O)N[C@@H](Cc1c[nH]c2ccccc12)C(=O)NCC(=O)O)[C@@H](C)O)[C@@H](C)O. The molecule has 0 bridgehead atoms. The molecular weight excluding hydrogens is 959 g/mol. The van der Waals surface area contributed by atoms with Crippen LogP contribution in [-0.2, 0) is 60.8 Å². The van der Waals surface area contributed by atoms with Gasteiger partial charge in [-0.05, 0) is 49.8 Å². The van der Waals surface area contributed by atoms with Crippen molar-refractivity contribution in [3.05, 3.63) is 71.9 Å². The molecule has 0 saturated carbocycles. The molecule has 0 fully saturated rings. The maximum absolute atomic E-state index is 14.0. The number of aliphatic hydroxyl groups excluding tert-OH is 4. The first-order valence-electron chi connectivity index (χ1n) is 23.3. The van der Waals surface area contributed by atoms with E-state index in [1.165, 1.54) is 6.92 Å². The second-order valence-corrected chi connectivity index (χ2v) is 17.7. The van der Waals surface area contributed by atoms with Crippen LogP contribution in [0.2, 0.25) is 0 Å². The number of nitrogens with two attached hydrogens (primary N) is 2. The molecule has 1 heterocycles.